The second-order valence-corrected chi connectivity index (χ2v) is 9.99. The van der Waals surface area contributed by atoms with Crippen LogP contribution in [-0.2, 0) is 16.4 Å². The lowest BCUT2D eigenvalue weighted by molar-refractivity contribution is 0.255. The van der Waals surface area contributed by atoms with E-state index in [4.69, 9.17) is 4.74 Å². The zero-order valence-corrected chi connectivity index (χ0v) is 18.2. The molecule has 154 valence electrons. The van der Waals surface area contributed by atoms with Gasteiger partial charge in [-0.2, -0.15) is 0 Å². The van der Waals surface area contributed by atoms with Crippen LogP contribution in [0.15, 0.2) is 40.6 Å². The van der Waals surface area contributed by atoms with E-state index >= 15 is 0 Å². The molecule has 1 aliphatic rings. The van der Waals surface area contributed by atoms with E-state index in [0.717, 1.165) is 61.9 Å². The topological polar surface area (TPSA) is 61.9 Å². The van der Waals surface area contributed by atoms with Crippen molar-refractivity contribution in [2.45, 2.75) is 24.0 Å². The summed E-state index contributed by atoms with van der Waals surface area (Å²) < 4.78 is 33.3. The van der Waals surface area contributed by atoms with Gasteiger partial charge in [0, 0.05) is 37.6 Å². The van der Waals surface area contributed by atoms with E-state index in [1.807, 2.05) is 31.2 Å². The summed E-state index contributed by atoms with van der Waals surface area (Å²) in [6, 6.07) is 11.7. The summed E-state index contributed by atoms with van der Waals surface area (Å²) >= 11 is 1.35. The summed E-state index contributed by atoms with van der Waals surface area (Å²) in [5.74, 6) is 0.908. The molecular formula is C20H29N3O3S2. The van der Waals surface area contributed by atoms with E-state index in [1.165, 1.54) is 11.3 Å². The van der Waals surface area contributed by atoms with Gasteiger partial charge in [-0.1, -0.05) is 19.1 Å². The number of hydrogen-bond donors (Lipinski definition) is 1. The van der Waals surface area contributed by atoms with Gasteiger partial charge in [-0.05, 0) is 43.7 Å². The molecule has 28 heavy (non-hydrogen) atoms. The molecule has 1 N–H and O–H groups in total. The highest BCUT2D eigenvalue weighted by Gasteiger charge is 2.20. The van der Waals surface area contributed by atoms with E-state index in [2.05, 4.69) is 20.6 Å². The van der Waals surface area contributed by atoms with Crippen molar-refractivity contribution in [2.24, 2.45) is 0 Å². The number of piperazine rings is 1. The van der Waals surface area contributed by atoms with Crippen LogP contribution in [0.5, 0.6) is 5.75 Å². The highest BCUT2D eigenvalue weighted by atomic mass is 32.2. The lowest BCUT2D eigenvalue weighted by Gasteiger charge is -2.36. The van der Waals surface area contributed by atoms with Crippen molar-refractivity contribution in [3.05, 3.63) is 41.3 Å². The van der Waals surface area contributed by atoms with Gasteiger partial charge < -0.3 is 9.64 Å². The SMILES string of the molecule is CCc1ccc(S(=O)(=O)NCCCN2CCN(c3ccccc3OC)CC2)s1. The van der Waals surface area contributed by atoms with E-state index < -0.39 is 10.0 Å². The van der Waals surface area contributed by atoms with E-state index in [1.54, 1.807) is 13.2 Å². The van der Waals surface area contributed by atoms with Gasteiger partial charge in [0.2, 0.25) is 10.0 Å². The Morgan fingerprint density at radius 2 is 1.86 bits per heavy atom. The predicted octanol–water partition coefficient (Wildman–Crippen LogP) is 2.81. The minimum atomic E-state index is -3.38. The summed E-state index contributed by atoms with van der Waals surface area (Å²) in [6.45, 7) is 7.22. The third-order valence-corrected chi connectivity index (χ3v) is 8.17. The maximum Gasteiger partial charge on any atom is 0.250 e. The Bertz CT molecular complexity index is 859. The molecule has 8 heteroatoms. The van der Waals surface area contributed by atoms with Crippen molar-refractivity contribution >= 4 is 27.0 Å². The first-order valence-electron chi connectivity index (χ1n) is 9.72. The molecule has 1 saturated heterocycles. The van der Waals surface area contributed by atoms with Crippen molar-refractivity contribution in [1.29, 1.82) is 0 Å². The number of ether oxygens (including phenoxy) is 1. The zero-order chi connectivity index (χ0) is 20.0. The molecule has 6 nitrogen and oxygen atoms in total. The quantitative estimate of drug-likeness (QED) is 0.629. The molecule has 0 unspecified atom stereocenters. The number of rotatable bonds is 9. The van der Waals surface area contributed by atoms with Crippen LogP contribution in [0.25, 0.3) is 0 Å². The van der Waals surface area contributed by atoms with Crippen molar-refractivity contribution < 1.29 is 13.2 Å². The number of nitrogens with zero attached hydrogens (tertiary/aromatic N) is 2. The normalized spacial score (nSPS) is 15.7. The number of sulfonamides is 1. The Kier molecular flexibility index (Phi) is 7.34. The fraction of sp³-hybridized carbons (Fsp3) is 0.500. The summed E-state index contributed by atoms with van der Waals surface area (Å²) in [7, 11) is -1.67. The molecule has 2 aromatic rings. The molecule has 1 aliphatic heterocycles. The van der Waals surface area contributed by atoms with Gasteiger partial charge in [0.15, 0.2) is 0 Å². The molecular weight excluding hydrogens is 394 g/mol. The predicted molar refractivity (Wildman–Crippen MR) is 115 cm³/mol. The summed E-state index contributed by atoms with van der Waals surface area (Å²) in [4.78, 5) is 5.83. The number of methoxy groups -OCH3 is 1. The minimum Gasteiger partial charge on any atom is -0.495 e. The molecule has 0 spiro atoms. The number of aryl methyl sites for hydroxylation is 1. The fourth-order valence-electron chi connectivity index (χ4n) is 3.38. The monoisotopic (exact) mass is 423 g/mol. The van der Waals surface area contributed by atoms with Crippen molar-refractivity contribution in [3.8, 4) is 5.75 Å². The van der Waals surface area contributed by atoms with Crippen LogP contribution in [0.1, 0.15) is 18.2 Å². The van der Waals surface area contributed by atoms with E-state index in [-0.39, 0.29) is 0 Å². The first kappa shape index (κ1) is 21.1. The van der Waals surface area contributed by atoms with Crippen molar-refractivity contribution in [3.63, 3.8) is 0 Å². The first-order valence-corrected chi connectivity index (χ1v) is 12.0. The van der Waals surface area contributed by atoms with Gasteiger partial charge in [-0.3, -0.25) is 4.90 Å². The number of anilines is 1. The average Bonchev–Trinajstić information content (AvgIpc) is 3.22. The molecule has 0 radical (unpaired) electrons. The molecule has 0 atom stereocenters. The Morgan fingerprint density at radius 1 is 1.11 bits per heavy atom. The number of para-hydroxylation sites is 2. The third-order valence-electron chi connectivity index (χ3n) is 4.99. The highest BCUT2D eigenvalue weighted by Crippen LogP contribution is 2.28. The molecule has 2 heterocycles. The number of benzene rings is 1. The van der Waals surface area contributed by atoms with Gasteiger partial charge in [-0.25, -0.2) is 13.1 Å². The molecule has 3 rings (SSSR count). The average molecular weight is 424 g/mol. The second kappa shape index (κ2) is 9.73. The first-order chi connectivity index (χ1) is 13.5. The molecule has 1 fully saturated rings. The third kappa shape index (κ3) is 5.26. The van der Waals surface area contributed by atoms with Crippen LogP contribution in [0.4, 0.5) is 5.69 Å². The highest BCUT2D eigenvalue weighted by molar-refractivity contribution is 7.91. The Hall–Kier alpha value is -1.61. The second-order valence-electron chi connectivity index (χ2n) is 6.83. The lowest BCUT2D eigenvalue weighted by atomic mass is 10.2. The number of nitrogens with one attached hydrogen (secondary N) is 1. The van der Waals surface area contributed by atoms with Crippen LogP contribution in [0.3, 0.4) is 0 Å². The van der Waals surface area contributed by atoms with Crippen LogP contribution < -0.4 is 14.4 Å². The minimum absolute atomic E-state index is 0.412. The maximum absolute atomic E-state index is 12.3. The van der Waals surface area contributed by atoms with E-state index in [0.29, 0.717) is 10.8 Å². The number of thiophene rings is 1. The summed E-state index contributed by atoms with van der Waals surface area (Å²) in [6.07, 6.45) is 1.67. The van der Waals surface area contributed by atoms with Crippen molar-refractivity contribution in [2.75, 3.05) is 51.3 Å². The van der Waals surface area contributed by atoms with Crippen LogP contribution >= 0.6 is 11.3 Å². The smallest absolute Gasteiger partial charge is 0.250 e. The standard InChI is InChI=1S/C20H29N3O3S2/c1-3-17-9-10-20(27-17)28(24,25)21-11-6-12-22-13-15-23(16-14-22)18-7-4-5-8-19(18)26-2/h4-5,7-10,21H,3,6,11-16H2,1-2H3. The molecule has 0 bridgehead atoms. The number of hydrogen-bond acceptors (Lipinski definition) is 6. The molecule has 1 aromatic carbocycles. The van der Waals surface area contributed by atoms with Crippen molar-refractivity contribution in [1.82, 2.24) is 9.62 Å². The molecule has 1 aromatic heterocycles. The van der Waals surface area contributed by atoms with Crippen LogP contribution in [0, 0.1) is 0 Å². The Labute approximate surface area is 172 Å². The maximum atomic E-state index is 12.3. The van der Waals surface area contributed by atoms with Gasteiger partial charge in [-0.15, -0.1) is 11.3 Å². The summed E-state index contributed by atoms with van der Waals surface area (Å²) in [5, 5.41) is 0. The fourth-order valence-corrected chi connectivity index (χ4v) is 5.79. The van der Waals surface area contributed by atoms with Gasteiger partial charge >= 0.3 is 0 Å². The summed E-state index contributed by atoms with van der Waals surface area (Å²) in [5.41, 5.74) is 1.14. The molecule has 0 aliphatic carbocycles. The largest absolute Gasteiger partial charge is 0.495 e. The van der Waals surface area contributed by atoms with Crippen LogP contribution in [0.2, 0.25) is 0 Å². The Balaban J connectivity index is 1.41. The van der Waals surface area contributed by atoms with E-state index in [9.17, 15) is 8.42 Å². The zero-order valence-electron chi connectivity index (χ0n) is 16.6. The molecule has 0 saturated carbocycles. The Morgan fingerprint density at radius 3 is 2.54 bits per heavy atom. The van der Waals surface area contributed by atoms with Gasteiger partial charge in [0.25, 0.3) is 0 Å². The molecule has 0 amide bonds. The van der Waals surface area contributed by atoms with Gasteiger partial charge in [0.05, 0.1) is 12.8 Å². The van der Waals surface area contributed by atoms with Gasteiger partial charge in [0.1, 0.15) is 9.96 Å². The van der Waals surface area contributed by atoms with Crippen LogP contribution in [-0.4, -0.2) is 59.7 Å². The lowest BCUT2D eigenvalue weighted by Crippen LogP contribution is -2.47.